The average molecular weight is 406 g/mol. The van der Waals surface area contributed by atoms with Gasteiger partial charge in [0.1, 0.15) is 17.2 Å². The molecule has 30 heavy (non-hydrogen) atoms. The highest BCUT2D eigenvalue weighted by atomic mass is 16.5. The van der Waals surface area contributed by atoms with E-state index in [-0.39, 0.29) is 5.91 Å². The predicted molar refractivity (Wildman–Crippen MR) is 119 cm³/mol. The van der Waals surface area contributed by atoms with Crippen LogP contribution in [-0.2, 0) is 17.8 Å². The summed E-state index contributed by atoms with van der Waals surface area (Å²) in [5.74, 6) is 2.27. The van der Waals surface area contributed by atoms with Gasteiger partial charge in [-0.05, 0) is 60.2 Å². The fraction of sp³-hybridized carbons (Fsp3) is 0.208. The van der Waals surface area contributed by atoms with Gasteiger partial charge in [0.15, 0.2) is 0 Å². The average Bonchev–Trinajstić information content (AvgIpc) is 2.78. The topological polar surface area (TPSA) is 68.8 Å². The Morgan fingerprint density at radius 2 is 1.40 bits per heavy atom. The zero-order valence-electron chi connectivity index (χ0n) is 17.4. The summed E-state index contributed by atoms with van der Waals surface area (Å²) in [7, 11) is 4.90. The molecule has 156 valence electrons. The number of ether oxygens (including phenoxy) is 3. The number of nitrogens with one attached hydrogen (secondary N) is 2. The molecule has 0 saturated heterocycles. The molecule has 0 atom stereocenters. The third kappa shape index (κ3) is 5.67. The predicted octanol–water partition coefficient (Wildman–Crippen LogP) is 4.51. The van der Waals surface area contributed by atoms with Crippen LogP contribution in [0.2, 0.25) is 0 Å². The summed E-state index contributed by atoms with van der Waals surface area (Å²) >= 11 is 0. The SMILES string of the molecule is COc1ccc(NC(=O)Cc2ccc(NCc3cc(OC)ccc3OC)cc2)cc1. The fourth-order valence-electron chi connectivity index (χ4n) is 3.02. The van der Waals surface area contributed by atoms with Crippen molar-refractivity contribution in [3.63, 3.8) is 0 Å². The highest BCUT2D eigenvalue weighted by Crippen LogP contribution is 2.25. The number of benzene rings is 3. The molecular formula is C24H26N2O4. The lowest BCUT2D eigenvalue weighted by molar-refractivity contribution is -0.115. The molecule has 0 heterocycles. The number of carbonyl (C=O) groups excluding carboxylic acids is 1. The van der Waals surface area contributed by atoms with E-state index in [0.29, 0.717) is 13.0 Å². The van der Waals surface area contributed by atoms with Crippen LogP contribution in [0.1, 0.15) is 11.1 Å². The van der Waals surface area contributed by atoms with E-state index in [1.165, 1.54) is 0 Å². The summed E-state index contributed by atoms with van der Waals surface area (Å²) in [6.07, 6.45) is 0.302. The summed E-state index contributed by atoms with van der Waals surface area (Å²) < 4.78 is 15.8. The van der Waals surface area contributed by atoms with Gasteiger partial charge in [-0.3, -0.25) is 4.79 Å². The minimum atomic E-state index is -0.0676. The van der Waals surface area contributed by atoms with Gasteiger partial charge in [-0.15, -0.1) is 0 Å². The Morgan fingerprint density at radius 1 is 0.767 bits per heavy atom. The number of hydrogen-bond acceptors (Lipinski definition) is 5. The van der Waals surface area contributed by atoms with Crippen LogP contribution in [0, 0.1) is 0 Å². The van der Waals surface area contributed by atoms with E-state index in [4.69, 9.17) is 14.2 Å². The van der Waals surface area contributed by atoms with E-state index in [0.717, 1.165) is 39.8 Å². The van der Waals surface area contributed by atoms with E-state index in [1.54, 1.807) is 21.3 Å². The fourth-order valence-corrected chi connectivity index (χ4v) is 3.02. The van der Waals surface area contributed by atoms with Crippen molar-refractivity contribution in [2.75, 3.05) is 32.0 Å². The smallest absolute Gasteiger partial charge is 0.228 e. The maximum Gasteiger partial charge on any atom is 0.228 e. The quantitative estimate of drug-likeness (QED) is 0.547. The Labute approximate surface area is 176 Å². The van der Waals surface area contributed by atoms with E-state index in [1.807, 2.05) is 66.7 Å². The molecule has 0 spiro atoms. The van der Waals surface area contributed by atoms with Crippen LogP contribution in [0.3, 0.4) is 0 Å². The highest BCUT2D eigenvalue weighted by Gasteiger charge is 2.07. The largest absolute Gasteiger partial charge is 0.497 e. The van der Waals surface area contributed by atoms with E-state index in [2.05, 4.69) is 10.6 Å². The molecule has 6 heteroatoms. The second-order valence-electron chi connectivity index (χ2n) is 6.68. The molecule has 3 aromatic rings. The van der Waals surface area contributed by atoms with Crippen LogP contribution < -0.4 is 24.8 Å². The van der Waals surface area contributed by atoms with E-state index < -0.39 is 0 Å². The number of hydrogen-bond donors (Lipinski definition) is 2. The van der Waals surface area contributed by atoms with Crippen molar-refractivity contribution in [3.05, 3.63) is 77.9 Å². The van der Waals surface area contributed by atoms with Crippen molar-refractivity contribution in [2.24, 2.45) is 0 Å². The number of methoxy groups -OCH3 is 3. The summed E-state index contributed by atoms with van der Waals surface area (Å²) in [5.41, 5.74) is 3.64. The summed E-state index contributed by atoms with van der Waals surface area (Å²) in [5, 5.41) is 6.26. The molecular weight excluding hydrogens is 380 g/mol. The van der Waals surface area contributed by atoms with Gasteiger partial charge in [-0.1, -0.05) is 12.1 Å². The lowest BCUT2D eigenvalue weighted by Gasteiger charge is -2.12. The zero-order valence-corrected chi connectivity index (χ0v) is 17.4. The van der Waals surface area contributed by atoms with Crippen LogP contribution >= 0.6 is 0 Å². The van der Waals surface area contributed by atoms with Gasteiger partial charge < -0.3 is 24.8 Å². The van der Waals surface area contributed by atoms with Crippen molar-refractivity contribution in [2.45, 2.75) is 13.0 Å². The monoisotopic (exact) mass is 406 g/mol. The lowest BCUT2D eigenvalue weighted by Crippen LogP contribution is -2.14. The number of amides is 1. The second kappa shape index (κ2) is 10.2. The molecule has 6 nitrogen and oxygen atoms in total. The van der Waals surface area contributed by atoms with Gasteiger partial charge >= 0.3 is 0 Å². The lowest BCUT2D eigenvalue weighted by atomic mass is 10.1. The molecule has 0 bridgehead atoms. The van der Waals surface area contributed by atoms with Crippen LogP contribution in [0.25, 0.3) is 0 Å². The summed E-state index contributed by atoms with van der Waals surface area (Å²) in [4.78, 5) is 12.3. The maximum atomic E-state index is 12.3. The Kier molecular flexibility index (Phi) is 7.16. The van der Waals surface area contributed by atoms with Gasteiger partial charge in [0, 0.05) is 23.5 Å². The first kappa shape index (κ1) is 21.0. The summed E-state index contributed by atoms with van der Waals surface area (Å²) in [6, 6.07) is 20.8. The molecule has 0 aliphatic heterocycles. The number of rotatable bonds is 9. The van der Waals surface area contributed by atoms with Crippen molar-refractivity contribution < 1.29 is 19.0 Å². The van der Waals surface area contributed by atoms with Gasteiger partial charge in [0.05, 0.1) is 27.8 Å². The Hall–Kier alpha value is -3.67. The van der Waals surface area contributed by atoms with Crippen molar-refractivity contribution in [1.82, 2.24) is 0 Å². The first-order valence-corrected chi connectivity index (χ1v) is 9.59. The molecule has 0 radical (unpaired) electrons. The molecule has 0 aliphatic carbocycles. The van der Waals surface area contributed by atoms with Gasteiger partial charge in [0.25, 0.3) is 0 Å². The zero-order chi connectivity index (χ0) is 21.3. The second-order valence-corrected chi connectivity index (χ2v) is 6.68. The first-order chi connectivity index (χ1) is 14.6. The third-order valence-electron chi connectivity index (χ3n) is 4.66. The molecule has 3 rings (SSSR count). The number of anilines is 2. The van der Waals surface area contributed by atoms with Crippen molar-refractivity contribution in [3.8, 4) is 17.2 Å². The molecule has 0 aromatic heterocycles. The molecule has 0 saturated carbocycles. The molecule has 3 aromatic carbocycles. The van der Waals surface area contributed by atoms with Gasteiger partial charge in [0.2, 0.25) is 5.91 Å². The molecule has 0 fully saturated rings. The molecule has 0 unspecified atom stereocenters. The minimum Gasteiger partial charge on any atom is -0.497 e. The van der Waals surface area contributed by atoms with Gasteiger partial charge in [-0.2, -0.15) is 0 Å². The minimum absolute atomic E-state index is 0.0676. The first-order valence-electron chi connectivity index (χ1n) is 9.59. The maximum absolute atomic E-state index is 12.3. The molecule has 1 amide bonds. The standard InChI is InChI=1S/C24H26N2O4/c1-28-21-10-8-20(9-11-21)26-24(27)14-17-4-6-19(7-5-17)25-16-18-15-22(29-2)12-13-23(18)30-3/h4-13,15,25H,14,16H2,1-3H3,(H,26,27). The van der Waals surface area contributed by atoms with E-state index >= 15 is 0 Å². The van der Waals surface area contributed by atoms with Crippen LogP contribution in [0.5, 0.6) is 17.2 Å². The Balaban J connectivity index is 1.55. The Bertz CT molecular complexity index is 970. The normalized spacial score (nSPS) is 10.2. The van der Waals surface area contributed by atoms with Crippen molar-refractivity contribution in [1.29, 1.82) is 0 Å². The number of carbonyl (C=O) groups is 1. The van der Waals surface area contributed by atoms with Crippen LogP contribution in [-0.4, -0.2) is 27.2 Å². The molecule has 2 N–H and O–H groups in total. The van der Waals surface area contributed by atoms with E-state index in [9.17, 15) is 4.79 Å². The highest BCUT2D eigenvalue weighted by molar-refractivity contribution is 5.92. The Morgan fingerprint density at radius 3 is 2.03 bits per heavy atom. The molecule has 0 aliphatic rings. The van der Waals surface area contributed by atoms with Crippen LogP contribution in [0.4, 0.5) is 11.4 Å². The summed E-state index contributed by atoms with van der Waals surface area (Å²) in [6.45, 7) is 0.595. The van der Waals surface area contributed by atoms with Gasteiger partial charge in [-0.25, -0.2) is 0 Å². The third-order valence-corrected chi connectivity index (χ3v) is 4.66. The van der Waals surface area contributed by atoms with Crippen LogP contribution in [0.15, 0.2) is 66.7 Å². The van der Waals surface area contributed by atoms with Crippen molar-refractivity contribution >= 4 is 17.3 Å².